The molecule has 0 radical (unpaired) electrons. The van der Waals surface area contributed by atoms with E-state index in [0.29, 0.717) is 28.9 Å². The van der Waals surface area contributed by atoms with Gasteiger partial charge in [-0.3, -0.25) is 19.2 Å². The minimum absolute atomic E-state index is 0.0112. The number of aromatic nitrogens is 4. The molecule has 2 aliphatic rings. The number of carbonyl (C=O) groups is 2. The third-order valence-electron chi connectivity index (χ3n) is 7.52. The van der Waals surface area contributed by atoms with E-state index in [2.05, 4.69) is 44.9 Å². The standard InChI is InChI=1S/C29H38N8O4/c1-16(2)36-13-18(14-36)37-15-20(26(35-37)29(3,4)40)19-8-7-9-21(25(19)41-6)31-22-12-23(32-27(38)17-10-11-17)33-34-24(22)28(39)30-5/h7-9,12,15-18,40H,10-11,13-14H2,1-6H3,(H,30,39)(H2,31,32,33,38). The van der Waals surface area contributed by atoms with Gasteiger partial charge in [-0.05, 0) is 46.6 Å². The lowest BCUT2D eigenvalue weighted by Gasteiger charge is -2.42. The van der Waals surface area contributed by atoms with Gasteiger partial charge in [0, 0.05) is 55.5 Å². The molecule has 2 fully saturated rings. The molecular weight excluding hydrogens is 524 g/mol. The summed E-state index contributed by atoms with van der Waals surface area (Å²) in [5.41, 5.74) is 1.79. The number of ether oxygens (including phenoxy) is 1. The van der Waals surface area contributed by atoms with Crippen molar-refractivity contribution in [2.75, 3.05) is 37.9 Å². The van der Waals surface area contributed by atoms with E-state index >= 15 is 0 Å². The summed E-state index contributed by atoms with van der Waals surface area (Å²) in [4.78, 5) is 27.3. The van der Waals surface area contributed by atoms with Crippen LogP contribution in [0, 0.1) is 5.92 Å². The summed E-state index contributed by atoms with van der Waals surface area (Å²) < 4.78 is 7.83. The molecule has 2 amide bonds. The third kappa shape index (κ3) is 5.89. The highest BCUT2D eigenvalue weighted by Crippen LogP contribution is 2.42. The van der Waals surface area contributed by atoms with E-state index in [4.69, 9.17) is 9.84 Å². The van der Waals surface area contributed by atoms with Gasteiger partial charge in [0.1, 0.15) is 17.0 Å². The topological polar surface area (TPSA) is 147 Å². The second kappa shape index (κ2) is 11.1. The van der Waals surface area contributed by atoms with Gasteiger partial charge in [-0.2, -0.15) is 5.10 Å². The molecule has 1 aromatic carbocycles. The highest BCUT2D eigenvalue weighted by molar-refractivity contribution is 6.00. The van der Waals surface area contributed by atoms with Crippen LogP contribution in [-0.2, 0) is 10.4 Å². The van der Waals surface area contributed by atoms with Crippen molar-refractivity contribution in [2.24, 2.45) is 5.92 Å². The average molecular weight is 563 g/mol. The van der Waals surface area contributed by atoms with Crippen molar-refractivity contribution in [2.45, 2.75) is 58.2 Å². The number of nitrogens with one attached hydrogen (secondary N) is 3. The van der Waals surface area contributed by atoms with Crippen LogP contribution in [0.2, 0.25) is 0 Å². The molecule has 218 valence electrons. The van der Waals surface area contributed by atoms with Crippen LogP contribution >= 0.6 is 0 Å². The molecule has 1 saturated heterocycles. The van der Waals surface area contributed by atoms with E-state index in [1.54, 1.807) is 27.0 Å². The molecule has 0 spiro atoms. The molecule has 4 N–H and O–H groups in total. The van der Waals surface area contributed by atoms with E-state index in [9.17, 15) is 14.7 Å². The number of hydrogen-bond donors (Lipinski definition) is 4. The highest BCUT2D eigenvalue weighted by atomic mass is 16.5. The van der Waals surface area contributed by atoms with Crippen LogP contribution in [0.4, 0.5) is 17.2 Å². The van der Waals surface area contributed by atoms with Crippen molar-refractivity contribution >= 4 is 29.0 Å². The summed E-state index contributed by atoms with van der Waals surface area (Å²) in [6.45, 7) is 9.56. The third-order valence-corrected chi connectivity index (χ3v) is 7.52. The molecule has 1 aliphatic carbocycles. The Kier molecular flexibility index (Phi) is 7.71. The van der Waals surface area contributed by atoms with Crippen molar-refractivity contribution < 1.29 is 19.4 Å². The smallest absolute Gasteiger partial charge is 0.273 e. The van der Waals surface area contributed by atoms with Crippen molar-refractivity contribution in [1.29, 1.82) is 0 Å². The maximum atomic E-state index is 12.6. The van der Waals surface area contributed by atoms with Gasteiger partial charge in [0.2, 0.25) is 5.91 Å². The number of hydrogen-bond acceptors (Lipinski definition) is 9. The predicted octanol–water partition coefficient (Wildman–Crippen LogP) is 3.29. The Morgan fingerprint density at radius 1 is 1.12 bits per heavy atom. The van der Waals surface area contributed by atoms with E-state index in [1.807, 2.05) is 29.1 Å². The summed E-state index contributed by atoms with van der Waals surface area (Å²) in [6, 6.07) is 7.85. The molecule has 0 atom stereocenters. The van der Waals surface area contributed by atoms with Crippen LogP contribution in [0.25, 0.3) is 11.1 Å². The Morgan fingerprint density at radius 3 is 2.46 bits per heavy atom. The number of nitrogens with zero attached hydrogens (tertiary/aromatic N) is 5. The van der Waals surface area contributed by atoms with E-state index in [1.165, 1.54) is 7.05 Å². The summed E-state index contributed by atoms with van der Waals surface area (Å²) in [5, 5.41) is 32.6. The lowest BCUT2D eigenvalue weighted by atomic mass is 9.95. The molecular formula is C29H38N8O4. The maximum absolute atomic E-state index is 12.6. The Morgan fingerprint density at radius 2 is 1.85 bits per heavy atom. The quantitative estimate of drug-likeness (QED) is 0.292. The fraction of sp³-hybridized carbons (Fsp3) is 0.483. The number of anilines is 3. The van der Waals surface area contributed by atoms with Crippen LogP contribution < -0.4 is 20.7 Å². The van der Waals surface area contributed by atoms with E-state index in [0.717, 1.165) is 37.1 Å². The summed E-state index contributed by atoms with van der Waals surface area (Å²) in [7, 11) is 3.08. The van der Waals surface area contributed by atoms with Crippen LogP contribution in [-0.4, -0.2) is 75.1 Å². The fourth-order valence-electron chi connectivity index (χ4n) is 4.93. The first-order valence-electron chi connectivity index (χ1n) is 13.9. The largest absolute Gasteiger partial charge is 0.494 e. The second-order valence-electron chi connectivity index (χ2n) is 11.5. The first-order chi connectivity index (χ1) is 19.5. The lowest BCUT2D eigenvalue weighted by Crippen LogP contribution is -2.51. The monoisotopic (exact) mass is 562 g/mol. The molecule has 5 rings (SSSR count). The van der Waals surface area contributed by atoms with Gasteiger partial charge >= 0.3 is 0 Å². The molecule has 12 nitrogen and oxygen atoms in total. The van der Waals surface area contributed by atoms with Crippen molar-refractivity contribution in [3.8, 4) is 16.9 Å². The zero-order chi connectivity index (χ0) is 29.5. The molecule has 3 heterocycles. The molecule has 0 bridgehead atoms. The van der Waals surface area contributed by atoms with Gasteiger partial charge in [-0.1, -0.05) is 12.1 Å². The maximum Gasteiger partial charge on any atom is 0.273 e. The van der Waals surface area contributed by atoms with Gasteiger partial charge in [-0.25, -0.2) is 0 Å². The van der Waals surface area contributed by atoms with E-state index < -0.39 is 11.5 Å². The summed E-state index contributed by atoms with van der Waals surface area (Å²) in [5.74, 6) is 0.183. The van der Waals surface area contributed by atoms with Crippen LogP contribution in [0.3, 0.4) is 0 Å². The summed E-state index contributed by atoms with van der Waals surface area (Å²) in [6.07, 6.45) is 3.67. The highest BCUT2D eigenvalue weighted by Gasteiger charge is 2.34. The van der Waals surface area contributed by atoms with Crippen LogP contribution in [0.1, 0.15) is 62.8 Å². The van der Waals surface area contributed by atoms with Crippen LogP contribution in [0.5, 0.6) is 5.75 Å². The molecule has 0 unspecified atom stereocenters. The van der Waals surface area contributed by atoms with Gasteiger partial charge in [0.05, 0.1) is 24.5 Å². The minimum atomic E-state index is -1.20. The first-order valence-corrected chi connectivity index (χ1v) is 13.9. The van der Waals surface area contributed by atoms with Gasteiger partial charge in [0.25, 0.3) is 5.91 Å². The van der Waals surface area contributed by atoms with Crippen molar-refractivity contribution in [3.63, 3.8) is 0 Å². The molecule has 2 aromatic heterocycles. The van der Waals surface area contributed by atoms with E-state index in [-0.39, 0.29) is 29.4 Å². The second-order valence-corrected chi connectivity index (χ2v) is 11.5. The molecule has 1 aliphatic heterocycles. The Balaban J connectivity index is 1.52. The Hall–Kier alpha value is -4.03. The number of aliphatic hydroxyl groups is 1. The molecule has 1 saturated carbocycles. The number of rotatable bonds is 10. The van der Waals surface area contributed by atoms with Crippen molar-refractivity contribution in [3.05, 3.63) is 41.9 Å². The zero-order valence-corrected chi connectivity index (χ0v) is 24.4. The van der Waals surface area contributed by atoms with Gasteiger partial charge in [-0.15, -0.1) is 10.2 Å². The van der Waals surface area contributed by atoms with Crippen molar-refractivity contribution in [1.82, 2.24) is 30.2 Å². The van der Waals surface area contributed by atoms with Crippen LogP contribution in [0.15, 0.2) is 30.5 Å². The zero-order valence-electron chi connectivity index (χ0n) is 24.4. The summed E-state index contributed by atoms with van der Waals surface area (Å²) >= 11 is 0. The fourth-order valence-corrected chi connectivity index (χ4v) is 4.93. The molecule has 41 heavy (non-hydrogen) atoms. The first kappa shape index (κ1) is 28.5. The number of likely N-dealkylation sites (tertiary alicyclic amines) is 1. The Labute approximate surface area is 239 Å². The lowest BCUT2D eigenvalue weighted by molar-refractivity contribution is -0.117. The van der Waals surface area contributed by atoms with Gasteiger partial charge in [0.15, 0.2) is 11.5 Å². The number of amides is 2. The number of methoxy groups -OCH3 is 1. The molecule has 3 aromatic rings. The number of carbonyl (C=O) groups excluding carboxylic acids is 2. The molecule has 12 heteroatoms. The SMILES string of the molecule is CNC(=O)c1nnc(NC(=O)C2CC2)cc1Nc1cccc(-c2cn(C3CN(C(C)C)C3)nc2C(C)(C)O)c1OC. The number of para-hydroxylation sites is 1. The number of benzene rings is 1. The normalized spacial score (nSPS) is 15.9. The Bertz CT molecular complexity index is 1450. The average Bonchev–Trinajstić information content (AvgIpc) is 3.66. The predicted molar refractivity (Wildman–Crippen MR) is 155 cm³/mol. The van der Waals surface area contributed by atoms with Gasteiger partial charge < -0.3 is 25.8 Å². The minimum Gasteiger partial charge on any atom is -0.494 e.